The molecule has 0 spiro atoms. The summed E-state index contributed by atoms with van der Waals surface area (Å²) in [4.78, 5) is 10.2. The van der Waals surface area contributed by atoms with E-state index in [1.54, 1.807) is 6.07 Å². The SMILES string of the molecule is CSc1nc(Cl)cc(N(C)C(C)CO)n1. The Kier molecular flexibility index (Phi) is 4.63. The minimum atomic E-state index is 0.00525. The van der Waals surface area contributed by atoms with E-state index in [1.165, 1.54) is 11.8 Å². The van der Waals surface area contributed by atoms with Crippen molar-refractivity contribution in [3.8, 4) is 0 Å². The molecule has 84 valence electrons. The van der Waals surface area contributed by atoms with E-state index in [2.05, 4.69) is 9.97 Å². The highest BCUT2D eigenvalue weighted by atomic mass is 35.5. The average molecular weight is 248 g/mol. The smallest absolute Gasteiger partial charge is 0.190 e. The lowest BCUT2D eigenvalue weighted by Gasteiger charge is -2.24. The summed E-state index contributed by atoms with van der Waals surface area (Å²) in [5, 5.41) is 10.1. The second-order valence-corrected chi connectivity index (χ2v) is 4.34. The number of hydrogen-bond acceptors (Lipinski definition) is 5. The Labute approximate surface area is 98.7 Å². The molecule has 1 heterocycles. The summed E-state index contributed by atoms with van der Waals surface area (Å²) in [5.74, 6) is 0.723. The number of aromatic nitrogens is 2. The van der Waals surface area contributed by atoms with E-state index in [1.807, 2.05) is 25.1 Å². The number of halogens is 1. The molecule has 0 aliphatic carbocycles. The number of thioether (sulfide) groups is 1. The van der Waals surface area contributed by atoms with Crippen LogP contribution in [0.1, 0.15) is 6.92 Å². The number of hydrogen-bond donors (Lipinski definition) is 1. The maximum Gasteiger partial charge on any atom is 0.190 e. The lowest BCUT2D eigenvalue weighted by atomic mass is 10.3. The lowest BCUT2D eigenvalue weighted by Crippen LogP contribution is -2.32. The van der Waals surface area contributed by atoms with Crippen LogP contribution in [0.15, 0.2) is 11.2 Å². The quantitative estimate of drug-likeness (QED) is 0.498. The second-order valence-electron chi connectivity index (χ2n) is 3.18. The maximum absolute atomic E-state index is 9.04. The van der Waals surface area contributed by atoms with Crippen molar-refractivity contribution in [2.75, 3.05) is 24.8 Å². The molecular formula is C9H14ClN3OS. The van der Waals surface area contributed by atoms with Crippen molar-refractivity contribution in [3.63, 3.8) is 0 Å². The Balaban J connectivity index is 2.97. The zero-order chi connectivity index (χ0) is 11.4. The maximum atomic E-state index is 9.04. The second kappa shape index (κ2) is 5.53. The van der Waals surface area contributed by atoms with Crippen LogP contribution in [0.3, 0.4) is 0 Å². The van der Waals surface area contributed by atoms with Crippen LogP contribution in [0.5, 0.6) is 0 Å². The fourth-order valence-electron chi connectivity index (χ4n) is 1.01. The first kappa shape index (κ1) is 12.5. The van der Waals surface area contributed by atoms with Gasteiger partial charge in [0.1, 0.15) is 11.0 Å². The van der Waals surface area contributed by atoms with Gasteiger partial charge in [-0.25, -0.2) is 9.97 Å². The summed E-state index contributed by atoms with van der Waals surface area (Å²) in [6, 6.07) is 1.69. The number of nitrogens with zero attached hydrogens (tertiary/aromatic N) is 3. The van der Waals surface area contributed by atoms with E-state index in [9.17, 15) is 0 Å². The third kappa shape index (κ3) is 3.22. The Morgan fingerprint density at radius 2 is 2.27 bits per heavy atom. The van der Waals surface area contributed by atoms with Crippen molar-refractivity contribution in [2.24, 2.45) is 0 Å². The Morgan fingerprint density at radius 1 is 1.60 bits per heavy atom. The molecule has 1 unspecified atom stereocenters. The normalized spacial score (nSPS) is 12.6. The summed E-state index contributed by atoms with van der Waals surface area (Å²) < 4.78 is 0. The Hall–Kier alpha value is -0.520. The number of likely N-dealkylation sites (N-methyl/N-ethyl adjacent to an activating group) is 1. The van der Waals surface area contributed by atoms with Gasteiger partial charge in [0, 0.05) is 13.1 Å². The van der Waals surface area contributed by atoms with Crippen LogP contribution in [0, 0.1) is 0 Å². The molecule has 15 heavy (non-hydrogen) atoms. The fraction of sp³-hybridized carbons (Fsp3) is 0.556. The standard InChI is InChI=1S/C9H14ClN3OS/c1-6(5-14)13(2)8-4-7(10)11-9(12-8)15-3/h4,6,14H,5H2,1-3H3. The Morgan fingerprint density at radius 3 is 2.80 bits per heavy atom. The highest BCUT2D eigenvalue weighted by molar-refractivity contribution is 7.98. The summed E-state index contributed by atoms with van der Waals surface area (Å²) in [6.07, 6.45) is 1.89. The molecule has 0 amide bonds. The van der Waals surface area contributed by atoms with Crippen molar-refractivity contribution in [2.45, 2.75) is 18.1 Å². The van der Waals surface area contributed by atoms with Crippen LogP contribution in [0.2, 0.25) is 5.15 Å². The third-order valence-electron chi connectivity index (χ3n) is 2.13. The van der Waals surface area contributed by atoms with Crippen molar-refractivity contribution >= 4 is 29.2 Å². The molecule has 0 aliphatic rings. The van der Waals surface area contributed by atoms with Crippen molar-refractivity contribution in [1.82, 2.24) is 9.97 Å². The van der Waals surface area contributed by atoms with Gasteiger partial charge in [-0.05, 0) is 13.2 Å². The van der Waals surface area contributed by atoms with E-state index in [0.717, 1.165) is 5.82 Å². The zero-order valence-electron chi connectivity index (χ0n) is 8.94. The number of anilines is 1. The van der Waals surface area contributed by atoms with Crippen LogP contribution >= 0.6 is 23.4 Å². The molecule has 0 fully saturated rings. The summed E-state index contributed by atoms with van der Waals surface area (Å²) in [5.41, 5.74) is 0. The van der Waals surface area contributed by atoms with E-state index in [0.29, 0.717) is 10.3 Å². The molecule has 4 nitrogen and oxygen atoms in total. The van der Waals surface area contributed by atoms with Gasteiger partial charge in [0.05, 0.1) is 12.6 Å². The number of rotatable bonds is 4. The minimum Gasteiger partial charge on any atom is -0.394 e. The van der Waals surface area contributed by atoms with Crippen molar-refractivity contribution in [1.29, 1.82) is 0 Å². The van der Waals surface area contributed by atoms with E-state index in [-0.39, 0.29) is 12.6 Å². The predicted molar refractivity (Wildman–Crippen MR) is 63.8 cm³/mol. The summed E-state index contributed by atoms with van der Waals surface area (Å²) >= 11 is 7.31. The third-order valence-corrected chi connectivity index (χ3v) is 2.87. The Bertz CT molecular complexity index is 337. The van der Waals surface area contributed by atoms with Gasteiger partial charge in [0.15, 0.2) is 5.16 Å². The van der Waals surface area contributed by atoms with Gasteiger partial charge in [-0.2, -0.15) is 0 Å². The molecule has 1 aromatic heterocycles. The van der Waals surface area contributed by atoms with Gasteiger partial charge in [-0.1, -0.05) is 23.4 Å². The zero-order valence-corrected chi connectivity index (χ0v) is 10.5. The minimum absolute atomic E-state index is 0.00525. The molecule has 1 aromatic rings. The molecular weight excluding hydrogens is 234 g/mol. The first-order valence-corrected chi connectivity index (χ1v) is 6.11. The van der Waals surface area contributed by atoms with Gasteiger partial charge in [0.2, 0.25) is 0 Å². The van der Waals surface area contributed by atoms with Gasteiger partial charge in [0.25, 0.3) is 0 Å². The molecule has 1 atom stereocenters. The van der Waals surface area contributed by atoms with E-state index >= 15 is 0 Å². The van der Waals surface area contributed by atoms with Crippen LogP contribution in [0.25, 0.3) is 0 Å². The molecule has 1 N–H and O–H groups in total. The van der Waals surface area contributed by atoms with E-state index in [4.69, 9.17) is 16.7 Å². The predicted octanol–water partition coefficient (Wildman–Crippen LogP) is 1.67. The molecule has 0 saturated carbocycles. The van der Waals surface area contributed by atoms with Gasteiger partial charge >= 0.3 is 0 Å². The van der Waals surface area contributed by atoms with E-state index < -0.39 is 0 Å². The largest absolute Gasteiger partial charge is 0.394 e. The number of aliphatic hydroxyl groups excluding tert-OH is 1. The molecule has 0 radical (unpaired) electrons. The molecule has 0 saturated heterocycles. The van der Waals surface area contributed by atoms with Gasteiger partial charge in [-0.15, -0.1) is 0 Å². The first-order valence-electron chi connectivity index (χ1n) is 4.50. The molecule has 0 aromatic carbocycles. The van der Waals surface area contributed by atoms with Crippen LogP contribution in [0.4, 0.5) is 5.82 Å². The molecule has 0 aliphatic heterocycles. The van der Waals surface area contributed by atoms with Gasteiger partial charge < -0.3 is 10.0 Å². The van der Waals surface area contributed by atoms with Crippen LogP contribution in [-0.2, 0) is 0 Å². The highest BCUT2D eigenvalue weighted by Crippen LogP contribution is 2.20. The van der Waals surface area contributed by atoms with Crippen molar-refractivity contribution < 1.29 is 5.11 Å². The lowest BCUT2D eigenvalue weighted by molar-refractivity contribution is 0.269. The molecule has 1 rings (SSSR count). The average Bonchev–Trinajstić information content (AvgIpc) is 2.26. The number of aliphatic hydroxyl groups is 1. The van der Waals surface area contributed by atoms with Crippen molar-refractivity contribution in [3.05, 3.63) is 11.2 Å². The van der Waals surface area contributed by atoms with Crippen LogP contribution < -0.4 is 4.90 Å². The molecule has 6 heteroatoms. The summed E-state index contributed by atoms with van der Waals surface area (Å²) in [7, 11) is 1.86. The molecule has 0 bridgehead atoms. The summed E-state index contributed by atoms with van der Waals surface area (Å²) in [6.45, 7) is 1.99. The first-order chi connectivity index (χ1) is 7.08. The topological polar surface area (TPSA) is 49.2 Å². The highest BCUT2D eigenvalue weighted by Gasteiger charge is 2.12. The van der Waals surface area contributed by atoms with Gasteiger partial charge in [-0.3, -0.25) is 0 Å². The van der Waals surface area contributed by atoms with Crippen LogP contribution in [-0.4, -0.2) is 41.0 Å². The fourth-order valence-corrected chi connectivity index (χ4v) is 1.61. The monoisotopic (exact) mass is 247 g/mol.